The first-order valence-corrected chi connectivity index (χ1v) is 15.6. The highest BCUT2D eigenvalue weighted by Crippen LogP contribution is 2.51. The van der Waals surface area contributed by atoms with Crippen molar-refractivity contribution in [1.82, 2.24) is 9.97 Å². The van der Waals surface area contributed by atoms with E-state index in [-0.39, 0.29) is 5.41 Å². The average molecular weight is 575 g/mol. The number of aromatic nitrogens is 2. The van der Waals surface area contributed by atoms with Gasteiger partial charge in [0.15, 0.2) is 0 Å². The zero-order valence-corrected chi connectivity index (χ0v) is 25.3. The van der Waals surface area contributed by atoms with Crippen molar-refractivity contribution in [2.75, 3.05) is 0 Å². The molecule has 45 heavy (non-hydrogen) atoms. The third kappa shape index (κ3) is 3.82. The lowest BCUT2D eigenvalue weighted by Gasteiger charge is -2.23. The monoisotopic (exact) mass is 574 g/mol. The molecule has 0 spiro atoms. The Kier molecular flexibility index (Phi) is 5.58. The van der Waals surface area contributed by atoms with Gasteiger partial charge in [-0.25, -0.2) is 0 Å². The van der Waals surface area contributed by atoms with Crippen LogP contribution in [-0.4, -0.2) is 9.97 Å². The summed E-state index contributed by atoms with van der Waals surface area (Å²) in [5, 5.41) is 7.20. The molecule has 8 aromatic rings. The van der Waals surface area contributed by atoms with Gasteiger partial charge < -0.3 is 0 Å². The number of rotatable bonds is 3. The number of hydrogen-bond donors (Lipinski definition) is 0. The maximum atomic E-state index is 5.08. The Morgan fingerprint density at radius 3 is 1.78 bits per heavy atom. The molecule has 0 amide bonds. The van der Waals surface area contributed by atoms with Crippen molar-refractivity contribution in [2.45, 2.75) is 19.3 Å². The van der Waals surface area contributed by atoms with E-state index in [1.165, 1.54) is 60.3 Å². The van der Waals surface area contributed by atoms with Crippen LogP contribution in [0.2, 0.25) is 0 Å². The van der Waals surface area contributed by atoms with Gasteiger partial charge in [-0.05, 0) is 84.6 Å². The lowest BCUT2D eigenvalue weighted by Crippen LogP contribution is -2.14. The van der Waals surface area contributed by atoms with Crippen LogP contribution in [0.3, 0.4) is 0 Å². The van der Waals surface area contributed by atoms with Crippen molar-refractivity contribution in [3.8, 4) is 44.8 Å². The Morgan fingerprint density at radius 2 is 1.07 bits per heavy atom. The van der Waals surface area contributed by atoms with E-state index in [0.29, 0.717) is 0 Å². The molecule has 0 fully saturated rings. The first-order valence-electron chi connectivity index (χ1n) is 15.6. The fourth-order valence-corrected chi connectivity index (χ4v) is 7.61. The molecular formula is C43H30N2. The van der Waals surface area contributed by atoms with Crippen molar-refractivity contribution in [2.24, 2.45) is 0 Å². The average Bonchev–Trinajstić information content (AvgIpc) is 3.32. The fourth-order valence-electron chi connectivity index (χ4n) is 7.61. The molecule has 2 aromatic heterocycles. The molecule has 0 bridgehead atoms. The van der Waals surface area contributed by atoms with Gasteiger partial charge in [0.2, 0.25) is 0 Å². The van der Waals surface area contributed by atoms with E-state index in [9.17, 15) is 0 Å². The van der Waals surface area contributed by atoms with Gasteiger partial charge >= 0.3 is 0 Å². The molecule has 0 radical (unpaired) electrons. The molecule has 0 atom stereocenters. The smallest absolute Gasteiger partial charge is 0.0795 e. The topological polar surface area (TPSA) is 25.8 Å². The molecular weight excluding hydrogens is 544 g/mol. The Morgan fingerprint density at radius 1 is 0.467 bits per heavy atom. The molecule has 212 valence electrons. The van der Waals surface area contributed by atoms with E-state index >= 15 is 0 Å². The number of nitrogens with zero attached hydrogens (tertiary/aromatic N) is 2. The molecule has 9 rings (SSSR count). The highest BCUT2D eigenvalue weighted by Gasteiger charge is 2.35. The second-order valence-electron chi connectivity index (χ2n) is 12.6. The Balaban J connectivity index is 1.25. The van der Waals surface area contributed by atoms with Crippen LogP contribution in [0, 0.1) is 0 Å². The lowest BCUT2D eigenvalue weighted by molar-refractivity contribution is 0.660. The minimum Gasteiger partial charge on any atom is -0.256 e. The second-order valence-corrected chi connectivity index (χ2v) is 12.6. The summed E-state index contributed by atoms with van der Waals surface area (Å²) in [5.41, 5.74) is 12.0. The Hall–Kier alpha value is -5.60. The van der Waals surface area contributed by atoms with Crippen molar-refractivity contribution >= 4 is 32.3 Å². The molecule has 2 nitrogen and oxygen atoms in total. The molecule has 6 aromatic carbocycles. The molecule has 0 unspecified atom stereocenters. The molecule has 0 N–H and O–H groups in total. The van der Waals surface area contributed by atoms with E-state index in [4.69, 9.17) is 9.97 Å². The number of benzene rings is 6. The summed E-state index contributed by atoms with van der Waals surface area (Å²) in [6.07, 6.45) is 3.85. The van der Waals surface area contributed by atoms with E-state index in [2.05, 4.69) is 147 Å². The molecule has 1 aliphatic carbocycles. The van der Waals surface area contributed by atoms with Crippen molar-refractivity contribution < 1.29 is 0 Å². The van der Waals surface area contributed by atoms with Crippen LogP contribution in [0.5, 0.6) is 0 Å². The SMILES string of the molecule is CC1(C)c2ccccc2-c2ccc(-c3c4ccccc4c(-c4ccc(-c5nccc6ccccc56)cn4)c4ccccc34)cc21. The van der Waals surface area contributed by atoms with Gasteiger partial charge in [-0.1, -0.05) is 123 Å². The van der Waals surface area contributed by atoms with Crippen molar-refractivity contribution in [1.29, 1.82) is 0 Å². The van der Waals surface area contributed by atoms with Crippen molar-refractivity contribution in [3.63, 3.8) is 0 Å². The van der Waals surface area contributed by atoms with Crippen LogP contribution < -0.4 is 0 Å². The van der Waals surface area contributed by atoms with E-state index in [1.54, 1.807) is 0 Å². The first kappa shape index (κ1) is 25.9. The van der Waals surface area contributed by atoms with Gasteiger partial charge in [-0.15, -0.1) is 0 Å². The normalized spacial score (nSPS) is 13.3. The fraction of sp³-hybridized carbons (Fsp3) is 0.0698. The number of hydrogen-bond acceptors (Lipinski definition) is 2. The molecule has 0 saturated carbocycles. The maximum Gasteiger partial charge on any atom is 0.0795 e. The minimum atomic E-state index is -0.0575. The van der Waals surface area contributed by atoms with E-state index in [0.717, 1.165) is 27.9 Å². The highest BCUT2D eigenvalue weighted by atomic mass is 14.7. The van der Waals surface area contributed by atoms with Crippen LogP contribution >= 0.6 is 0 Å². The third-order valence-corrected chi connectivity index (χ3v) is 9.77. The first-order chi connectivity index (χ1) is 22.1. The molecule has 2 heterocycles. The summed E-state index contributed by atoms with van der Waals surface area (Å²) in [5.74, 6) is 0. The van der Waals surface area contributed by atoms with E-state index < -0.39 is 0 Å². The van der Waals surface area contributed by atoms with Crippen LogP contribution in [0.4, 0.5) is 0 Å². The number of fused-ring (bicyclic) bond motifs is 6. The van der Waals surface area contributed by atoms with Gasteiger partial charge in [0.25, 0.3) is 0 Å². The maximum absolute atomic E-state index is 5.08. The highest BCUT2D eigenvalue weighted by molar-refractivity contribution is 6.21. The summed E-state index contributed by atoms with van der Waals surface area (Å²) in [6, 6.07) is 48.3. The van der Waals surface area contributed by atoms with Crippen LogP contribution in [-0.2, 0) is 5.41 Å². The van der Waals surface area contributed by atoms with Gasteiger partial charge in [-0.3, -0.25) is 9.97 Å². The Labute approximate surface area is 262 Å². The summed E-state index contributed by atoms with van der Waals surface area (Å²) >= 11 is 0. The molecule has 2 heteroatoms. The predicted octanol–water partition coefficient (Wildman–Crippen LogP) is 11.2. The summed E-state index contributed by atoms with van der Waals surface area (Å²) in [6.45, 7) is 4.70. The van der Waals surface area contributed by atoms with Gasteiger partial charge in [-0.2, -0.15) is 0 Å². The molecule has 0 saturated heterocycles. The molecule has 0 aliphatic heterocycles. The minimum absolute atomic E-state index is 0.0575. The Bertz CT molecular complexity index is 2390. The largest absolute Gasteiger partial charge is 0.256 e. The van der Waals surface area contributed by atoms with Gasteiger partial charge in [0, 0.05) is 34.3 Å². The zero-order chi connectivity index (χ0) is 30.1. The predicted molar refractivity (Wildman–Crippen MR) is 188 cm³/mol. The number of pyridine rings is 2. The molecule has 1 aliphatic rings. The van der Waals surface area contributed by atoms with E-state index in [1.807, 2.05) is 12.4 Å². The van der Waals surface area contributed by atoms with Crippen molar-refractivity contribution in [3.05, 3.63) is 157 Å². The van der Waals surface area contributed by atoms with Crippen LogP contribution in [0.25, 0.3) is 77.1 Å². The second kappa shape index (κ2) is 9.70. The van der Waals surface area contributed by atoms with Gasteiger partial charge in [0.05, 0.1) is 11.4 Å². The summed E-state index contributed by atoms with van der Waals surface area (Å²) < 4.78 is 0. The van der Waals surface area contributed by atoms with Crippen LogP contribution in [0.1, 0.15) is 25.0 Å². The van der Waals surface area contributed by atoms with Crippen LogP contribution in [0.15, 0.2) is 146 Å². The third-order valence-electron chi connectivity index (χ3n) is 9.77. The summed E-state index contributed by atoms with van der Waals surface area (Å²) in [7, 11) is 0. The standard InChI is InChI=1S/C43H30N2/c1-43(2)37-18-10-9-13-31(37)32-21-19-28(25-38(32)43)40-33-14-5-7-16-35(33)41(36-17-8-6-15-34(36)40)39-22-20-29(26-45-39)42-30-12-4-3-11-27(30)23-24-44-42/h3-26H,1-2H3. The summed E-state index contributed by atoms with van der Waals surface area (Å²) in [4.78, 5) is 9.82. The zero-order valence-electron chi connectivity index (χ0n) is 25.3. The quantitative estimate of drug-likeness (QED) is 0.196. The van der Waals surface area contributed by atoms with Gasteiger partial charge in [0.1, 0.15) is 0 Å². The lowest BCUT2D eigenvalue weighted by atomic mass is 9.80.